The Morgan fingerprint density at radius 1 is 1.03 bits per heavy atom. The van der Waals surface area contributed by atoms with Crippen LogP contribution in [0.3, 0.4) is 0 Å². The lowest BCUT2D eigenvalue weighted by atomic mass is 9.85. The number of benzene rings is 2. The zero-order valence-electron chi connectivity index (χ0n) is 17.5. The number of allylic oxidation sites excluding steroid dienone is 2. The quantitative estimate of drug-likeness (QED) is 0.409. The van der Waals surface area contributed by atoms with Gasteiger partial charge in [-0.3, -0.25) is 9.59 Å². The van der Waals surface area contributed by atoms with Crippen LogP contribution < -0.4 is 9.47 Å². The second-order valence-electron chi connectivity index (χ2n) is 8.39. The van der Waals surface area contributed by atoms with Gasteiger partial charge in [0.1, 0.15) is 6.61 Å². The van der Waals surface area contributed by atoms with Crippen LogP contribution in [-0.2, 0) is 16.2 Å². The number of fused-ring (bicyclic) bond motifs is 5. The molecule has 2 fully saturated rings. The third kappa shape index (κ3) is 3.32. The molecule has 6 nitrogen and oxygen atoms in total. The fraction of sp³-hybridized carbons (Fsp3) is 0.320. The second-order valence-corrected chi connectivity index (χ2v) is 8.39. The van der Waals surface area contributed by atoms with E-state index < -0.39 is 0 Å². The fourth-order valence-corrected chi connectivity index (χ4v) is 4.91. The Bertz CT molecular complexity index is 1060. The summed E-state index contributed by atoms with van der Waals surface area (Å²) in [7, 11) is 1.58. The van der Waals surface area contributed by atoms with Crippen molar-refractivity contribution in [2.24, 2.45) is 28.8 Å². The first kappa shape index (κ1) is 19.5. The fourth-order valence-electron chi connectivity index (χ4n) is 4.91. The van der Waals surface area contributed by atoms with Gasteiger partial charge in [-0.1, -0.05) is 48.0 Å². The number of methoxy groups -OCH3 is 1. The van der Waals surface area contributed by atoms with Gasteiger partial charge in [0.2, 0.25) is 0 Å². The lowest BCUT2D eigenvalue weighted by Crippen LogP contribution is -2.28. The van der Waals surface area contributed by atoms with Gasteiger partial charge in [-0.2, -0.15) is 10.1 Å². The van der Waals surface area contributed by atoms with E-state index in [2.05, 4.69) is 17.3 Å². The Hall–Kier alpha value is -3.41. The van der Waals surface area contributed by atoms with Gasteiger partial charge < -0.3 is 9.47 Å². The molecule has 4 atom stereocenters. The number of hydrazone groups is 1. The number of amides is 2. The van der Waals surface area contributed by atoms with E-state index in [1.807, 2.05) is 49.4 Å². The van der Waals surface area contributed by atoms with Crippen LogP contribution >= 0.6 is 0 Å². The van der Waals surface area contributed by atoms with Crippen LogP contribution in [0.2, 0.25) is 0 Å². The summed E-state index contributed by atoms with van der Waals surface area (Å²) in [5, 5.41) is 5.33. The van der Waals surface area contributed by atoms with Crippen LogP contribution in [0.25, 0.3) is 0 Å². The standard InChI is InChI=1S/C25H24N2O4/c1-15-6-8-16(9-7-15)14-31-23-19(4-3-5-20(23)30-2)13-26-27-24(28)21-17-10-11-18(12-17)22(21)25(27)29/h3-11,13,17-18,21-22H,12,14H2,1-2H3/t17-,18-,21-,22+/m0/s1. The highest BCUT2D eigenvalue weighted by atomic mass is 16.5. The van der Waals surface area contributed by atoms with Gasteiger partial charge in [0.15, 0.2) is 11.5 Å². The summed E-state index contributed by atoms with van der Waals surface area (Å²) < 4.78 is 11.5. The number of rotatable bonds is 6. The average molecular weight is 416 g/mol. The monoisotopic (exact) mass is 416 g/mol. The van der Waals surface area contributed by atoms with Crippen molar-refractivity contribution < 1.29 is 19.1 Å². The number of imide groups is 1. The lowest BCUT2D eigenvalue weighted by Gasteiger charge is -2.14. The lowest BCUT2D eigenvalue weighted by molar-refractivity contribution is -0.140. The normalized spacial score (nSPS) is 26.2. The summed E-state index contributed by atoms with van der Waals surface area (Å²) in [6.45, 7) is 2.40. The number of carbonyl (C=O) groups excluding carboxylic acids is 2. The van der Waals surface area contributed by atoms with Crippen LogP contribution in [0.4, 0.5) is 0 Å². The maximum Gasteiger partial charge on any atom is 0.254 e. The molecule has 158 valence electrons. The molecule has 1 heterocycles. The van der Waals surface area contributed by atoms with E-state index in [-0.39, 0.29) is 35.5 Å². The van der Waals surface area contributed by atoms with Gasteiger partial charge in [0, 0.05) is 5.56 Å². The number of hydrogen-bond donors (Lipinski definition) is 0. The smallest absolute Gasteiger partial charge is 0.254 e. The Morgan fingerprint density at radius 2 is 1.71 bits per heavy atom. The van der Waals surface area contributed by atoms with Crippen molar-refractivity contribution in [3.05, 3.63) is 71.3 Å². The molecule has 2 aromatic rings. The minimum absolute atomic E-state index is 0.164. The van der Waals surface area contributed by atoms with Gasteiger partial charge >= 0.3 is 0 Å². The van der Waals surface area contributed by atoms with Crippen molar-refractivity contribution in [3.63, 3.8) is 0 Å². The van der Waals surface area contributed by atoms with Gasteiger partial charge in [0.25, 0.3) is 11.8 Å². The first-order valence-corrected chi connectivity index (χ1v) is 10.5. The highest BCUT2D eigenvalue weighted by molar-refractivity contribution is 6.07. The topological polar surface area (TPSA) is 68.2 Å². The highest BCUT2D eigenvalue weighted by Gasteiger charge is 2.59. The Kier molecular flexibility index (Phi) is 4.85. The summed E-state index contributed by atoms with van der Waals surface area (Å²) in [5.74, 6) is 0.490. The van der Waals surface area contributed by atoms with Crippen molar-refractivity contribution >= 4 is 18.0 Å². The predicted octanol–water partition coefficient (Wildman–Crippen LogP) is 3.72. The summed E-state index contributed by atoms with van der Waals surface area (Å²) in [4.78, 5) is 25.7. The van der Waals surface area contributed by atoms with E-state index in [1.165, 1.54) is 11.8 Å². The number of aryl methyl sites for hydroxylation is 1. The molecule has 0 aromatic heterocycles. The summed E-state index contributed by atoms with van der Waals surface area (Å²) in [5.41, 5.74) is 2.85. The molecule has 0 radical (unpaired) electrons. The molecule has 2 aliphatic carbocycles. The molecule has 31 heavy (non-hydrogen) atoms. The second kappa shape index (κ2) is 7.69. The highest BCUT2D eigenvalue weighted by Crippen LogP contribution is 2.52. The van der Waals surface area contributed by atoms with Crippen LogP contribution in [0.1, 0.15) is 23.1 Å². The Balaban J connectivity index is 1.38. The van der Waals surface area contributed by atoms with Gasteiger partial charge in [-0.25, -0.2) is 0 Å². The first-order chi connectivity index (χ1) is 15.1. The summed E-state index contributed by atoms with van der Waals surface area (Å²) in [6.07, 6.45) is 6.56. The molecule has 6 heteroatoms. The maximum absolute atomic E-state index is 12.9. The van der Waals surface area contributed by atoms with Gasteiger partial charge in [-0.05, 0) is 42.9 Å². The molecule has 2 amide bonds. The third-order valence-electron chi connectivity index (χ3n) is 6.49. The van der Waals surface area contributed by atoms with Gasteiger partial charge in [-0.15, -0.1) is 0 Å². The van der Waals surface area contributed by atoms with E-state index in [1.54, 1.807) is 7.11 Å². The minimum atomic E-state index is -0.262. The van der Waals surface area contributed by atoms with Crippen LogP contribution in [-0.4, -0.2) is 30.1 Å². The molecule has 2 bridgehead atoms. The molecular formula is C25H24N2O4. The SMILES string of the molecule is COc1cccc(C=NN2C(=O)[C@@H]3[C@H](C2=O)[C@H]2C=C[C@H]3C2)c1OCc1ccc(C)cc1. The molecule has 5 rings (SSSR count). The molecule has 0 N–H and O–H groups in total. The number of ether oxygens (including phenoxy) is 2. The molecule has 0 spiro atoms. The Morgan fingerprint density at radius 3 is 2.35 bits per heavy atom. The molecular weight excluding hydrogens is 392 g/mol. The zero-order chi connectivity index (χ0) is 21.5. The van der Waals surface area contributed by atoms with E-state index >= 15 is 0 Å². The van der Waals surface area contributed by atoms with Crippen LogP contribution in [0.5, 0.6) is 11.5 Å². The van der Waals surface area contributed by atoms with E-state index in [9.17, 15) is 9.59 Å². The average Bonchev–Trinajstić information content (AvgIpc) is 3.46. The van der Waals surface area contributed by atoms with Gasteiger partial charge in [0.05, 0.1) is 25.2 Å². The van der Waals surface area contributed by atoms with Crippen molar-refractivity contribution in [2.75, 3.05) is 7.11 Å². The van der Waals surface area contributed by atoms with Crippen molar-refractivity contribution in [1.82, 2.24) is 5.01 Å². The number of nitrogens with zero attached hydrogens (tertiary/aromatic N) is 2. The molecule has 2 aromatic carbocycles. The molecule has 1 saturated carbocycles. The molecule has 1 saturated heterocycles. The van der Waals surface area contributed by atoms with Crippen molar-refractivity contribution in [1.29, 1.82) is 0 Å². The molecule has 0 unspecified atom stereocenters. The van der Waals surface area contributed by atoms with E-state index in [0.29, 0.717) is 23.7 Å². The minimum Gasteiger partial charge on any atom is -0.493 e. The Labute approximate surface area is 181 Å². The first-order valence-electron chi connectivity index (χ1n) is 10.5. The summed E-state index contributed by atoms with van der Waals surface area (Å²) in [6, 6.07) is 13.6. The van der Waals surface area contributed by atoms with E-state index in [4.69, 9.17) is 9.47 Å². The molecule has 3 aliphatic rings. The zero-order valence-corrected chi connectivity index (χ0v) is 17.5. The van der Waals surface area contributed by atoms with Crippen LogP contribution in [0.15, 0.2) is 59.7 Å². The van der Waals surface area contributed by atoms with Crippen molar-refractivity contribution in [2.45, 2.75) is 20.0 Å². The number of hydrogen-bond acceptors (Lipinski definition) is 5. The number of carbonyl (C=O) groups is 2. The molecule has 1 aliphatic heterocycles. The largest absolute Gasteiger partial charge is 0.493 e. The maximum atomic E-state index is 12.9. The number of para-hydroxylation sites is 1. The summed E-state index contributed by atoms with van der Waals surface area (Å²) >= 11 is 0. The van der Waals surface area contributed by atoms with E-state index in [0.717, 1.165) is 17.0 Å². The van der Waals surface area contributed by atoms with Crippen molar-refractivity contribution in [3.8, 4) is 11.5 Å². The predicted molar refractivity (Wildman–Crippen MR) is 116 cm³/mol. The van der Waals surface area contributed by atoms with Crippen LogP contribution in [0, 0.1) is 30.6 Å². The third-order valence-corrected chi connectivity index (χ3v) is 6.49.